The van der Waals surface area contributed by atoms with Gasteiger partial charge in [-0.2, -0.15) is 4.98 Å². The van der Waals surface area contributed by atoms with Crippen molar-refractivity contribution in [2.75, 3.05) is 13.1 Å². The molecule has 1 atom stereocenters. The Hall–Kier alpha value is -1.69. The van der Waals surface area contributed by atoms with Gasteiger partial charge in [0, 0.05) is 29.0 Å². The fourth-order valence-corrected chi connectivity index (χ4v) is 3.27. The van der Waals surface area contributed by atoms with Gasteiger partial charge in [0.2, 0.25) is 5.89 Å². The van der Waals surface area contributed by atoms with Crippen LogP contribution in [0.1, 0.15) is 53.2 Å². The maximum atomic E-state index is 12.5. The molecule has 1 unspecified atom stereocenters. The number of benzene rings is 1. The first-order valence-corrected chi connectivity index (χ1v) is 8.38. The molecule has 0 spiro atoms. The van der Waals surface area contributed by atoms with E-state index in [-0.39, 0.29) is 11.8 Å². The number of carbonyl (C=O) groups excluding carboxylic acids is 1. The molecule has 0 radical (unpaired) electrons. The van der Waals surface area contributed by atoms with E-state index in [4.69, 9.17) is 4.52 Å². The van der Waals surface area contributed by atoms with Crippen LogP contribution in [0.2, 0.25) is 0 Å². The van der Waals surface area contributed by atoms with Crippen LogP contribution >= 0.6 is 15.9 Å². The normalized spacial score (nSPS) is 21.3. The molecule has 1 aliphatic heterocycles. The minimum Gasteiger partial charge on any atom is -0.339 e. The Bertz CT molecular complexity index is 711. The van der Waals surface area contributed by atoms with Gasteiger partial charge in [0.1, 0.15) is 0 Å². The summed E-state index contributed by atoms with van der Waals surface area (Å²) in [6.07, 6.45) is 3.21. The van der Waals surface area contributed by atoms with Crippen LogP contribution in [0, 0.1) is 0 Å². The highest BCUT2D eigenvalue weighted by molar-refractivity contribution is 9.10. The quantitative estimate of drug-likeness (QED) is 0.840. The smallest absolute Gasteiger partial charge is 0.253 e. The monoisotopic (exact) mass is 361 g/mol. The molecule has 2 aliphatic rings. The summed E-state index contributed by atoms with van der Waals surface area (Å²) in [6, 6.07) is 7.50. The summed E-state index contributed by atoms with van der Waals surface area (Å²) in [4.78, 5) is 18.9. The van der Waals surface area contributed by atoms with Crippen LogP contribution in [0.15, 0.2) is 33.3 Å². The molecule has 1 aromatic carbocycles. The lowest BCUT2D eigenvalue weighted by Gasteiger charge is -2.15. The maximum absolute atomic E-state index is 12.5. The standard InChI is InChI=1S/C16H16BrN3O2/c17-13-3-1-2-11(8-13)16(21)20-7-6-12(9-20)15-18-14(19-22-15)10-4-5-10/h1-3,8,10,12H,4-7,9H2. The van der Waals surface area contributed by atoms with Crippen LogP contribution in [-0.4, -0.2) is 34.0 Å². The summed E-state index contributed by atoms with van der Waals surface area (Å²) in [5.41, 5.74) is 0.708. The van der Waals surface area contributed by atoms with Crippen LogP contribution in [0.5, 0.6) is 0 Å². The number of halogens is 1. The zero-order valence-electron chi connectivity index (χ0n) is 12.0. The molecule has 2 heterocycles. The van der Waals surface area contributed by atoms with Crippen molar-refractivity contribution in [1.82, 2.24) is 15.0 Å². The SMILES string of the molecule is O=C(c1cccc(Br)c1)N1CCC(c2nc(C3CC3)no2)C1. The van der Waals surface area contributed by atoms with Gasteiger partial charge in [0.25, 0.3) is 5.91 Å². The number of carbonyl (C=O) groups is 1. The minimum atomic E-state index is 0.0609. The number of hydrogen-bond donors (Lipinski definition) is 0. The van der Waals surface area contributed by atoms with Crippen LogP contribution in [-0.2, 0) is 0 Å². The number of amides is 1. The number of likely N-dealkylation sites (tertiary alicyclic amines) is 1. The Labute approximate surface area is 136 Å². The molecule has 5 nitrogen and oxygen atoms in total. The third-order valence-electron chi connectivity index (χ3n) is 4.30. The Kier molecular flexibility index (Phi) is 3.48. The molecule has 114 valence electrons. The highest BCUT2D eigenvalue weighted by atomic mass is 79.9. The maximum Gasteiger partial charge on any atom is 0.253 e. The molecular formula is C16H16BrN3O2. The van der Waals surface area contributed by atoms with E-state index in [1.807, 2.05) is 29.2 Å². The lowest BCUT2D eigenvalue weighted by atomic mass is 10.1. The molecule has 22 heavy (non-hydrogen) atoms. The van der Waals surface area contributed by atoms with E-state index in [2.05, 4.69) is 26.1 Å². The molecule has 2 aromatic rings. The highest BCUT2D eigenvalue weighted by Crippen LogP contribution is 2.39. The Balaban J connectivity index is 1.46. The van der Waals surface area contributed by atoms with Gasteiger partial charge < -0.3 is 9.42 Å². The van der Waals surface area contributed by atoms with Crippen molar-refractivity contribution in [3.05, 3.63) is 46.0 Å². The van der Waals surface area contributed by atoms with Crippen molar-refractivity contribution in [2.24, 2.45) is 0 Å². The van der Waals surface area contributed by atoms with E-state index in [9.17, 15) is 4.79 Å². The predicted octanol–water partition coefficient (Wildman–Crippen LogP) is 3.34. The van der Waals surface area contributed by atoms with E-state index < -0.39 is 0 Å². The molecule has 4 rings (SSSR count). The van der Waals surface area contributed by atoms with E-state index in [0.717, 1.165) is 36.1 Å². The first-order valence-electron chi connectivity index (χ1n) is 7.59. The van der Waals surface area contributed by atoms with Crippen LogP contribution in [0.25, 0.3) is 0 Å². The van der Waals surface area contributed by atoms with Gasteiger partial charge in [-0.25, -0.2) is 0 Å². The van der Waals surface area contributed by atoms with Gasteiger partial charge in [-0.1, -0.05) is 27.2 Å². The molecule has 1 aliphatic carbocycles. The Morgan fingerprint density at radius 1 is 1.27 bits per heavy atom. The fourth-order valence-electron chi connectivity index (χ4n) is 2.87. The largest absolute Gasteiger partial charge is 0.339 e. The summed E-state index contributed by atoms with van der Waals surface area (Å²) in [5, 5.41) is 4.07. The molecule has 1 aromatic heterocycles. The van der Waals surface area contributed by atoms with Gasteiger partial charge in [0.05, 0.1) is 5.92 Å². The highest BCUT2D eigenvalue weighted by Gasteiger charge is 2.34. The van der Waals surface area contributed by atoms with Crippen LogP contribution < -0.4 is 0 Å². The molecule has 2 fully saturated rings. The Morgan fingerprint density at radius 2 is 2.14 bits per heavy atom. The number of nitrogens with zero attached hydrogens (tertiary/aromatic N) is 3. The zero-order valence-corrected chi connectivity index (χ0v) is 13.6. The van der Waals surface area contributed by atoms with Gasteiger partial charge in [-0.15, -0.1) is 0 Å². The Morgan fingerprint density at radius 3 is 2.91 bits per heavy atom. The van der Waals surface area contributed by atoms with Crippen molar-refractivity contribution in [2.45, 2.75) is 31.1 Å². The number of aromatic nitrogens is 2. The zero-order chi connectivity index (χ0) is 15.1. The van der Waals surface area contributed by atoms with Crippen molar-refractivity contribution in [1.29, 1.82) is 0 Å². The van der Waals surface area contributed by atoms with E-state index >= 15 is 0 Å². The predicted molar refractivity (Wildman–Crippen MR) is 83.7 cm³/mol. The summed E-state index contributed by atoms with van der Waals surface area (Å²) in [6.45, 7) is 1.38. The van der Waals surface area contributed by atoms with Gasteiger partial charge in [-0.05, 0) is 37.5 Å². The summed E-state index contributed by atoms with van der Waals surface area (Å²) in [5.74, 6) is 2.25. The number of hydrogen-bond acceptors (Lipinski definition) is 4. The van der Waals surface area contributed by atoms with E-state index in [1.54, 1.807) is 0 Å². The summed E-state index contributed by atoms with van der Waals surface area (Å²) in [7, 11) is 0. The first kappa shape index (κ1) is 13.9. The van der Waals surface area contributed by atoms with E-state index in [0.29, 0.717) is 23.9 Å². The molecule has 1 saturated carbocycles. The second-order valence-electron chi connectivity index (χ2n) is 6.01. The van der Waals surface area contributed by atoms with Crippen LogP contribution in [0.3, 0.4) is 0 Å². The average Bonchev–Trinajstić information content (AvgIpc) is 3.06. The summed E-state index contributed by atoms with van der Waals surface area (Å²) < 4.78 is 6.31. The molecule has 1 amide bonds. The third-order valence-corrected chi connectivity index (χ3v) is 4.79. The lowest BCUT2D eigenvalue weighted by Crippen LogP contribution is -2.28. The fraction of sp³-hybridized carbons (Fsp3) is 0.438. The van der Waals surface area contributed by atoms with Crippen molar-refractivity contribution in [3.8, 4) is 0 Å². The van der Waals surface area contributed by atoms with Crippen molar-refractivity contribution < 1.29 is 9.32 Å². The third kappa shape index (κ3) is 2.67. The molecule has 6 heteroatoms. The summed E-state index contributed by atoms with van der Waals surface area (Å²) >= 11 is 3.41. The molecule has 1 saturated heterocycles. The molecular weight excluding hydrogens is 346 g/mol. The molecule has 0 bridgehead atoms. The van der Waals surface area contributed by atoms with Crippen LogP contribution in [0.4, 0.5) is 0 Å². The lowest BCUT2D eigenvalue weighted by molar-refractivity contribution is 0.0789. The number of rotatable bonds is 3. The molecule has 0 N–H and O–H groups in total. The van der Waals surface area contributed by atoms with E-state index in [1.165, 1.54) is 0 Å². The van der Waals surface area contributed by atoms with Gasteiger partial charge in [-0.3, -0.25) is 4.79 Å². The first-order chi connectivity index (χ1) is 10.7. The second kappa shape index (κ2) is 5.50. The van der Waals surface area contributed by atoms with Gasteiger partial charge in [0.15, 0.2) is 5.82 Å². The average molecular weight is 362 g/mol. The van der Waals surface area contributed by atoms with Crippen molar-refractivity contribution >= 4 is 21.8 Å². The topological polar surface area (TPSA) is 59.2 Å². The minimum absolute atomic E-state index is 0.0609. The second-order valence-corrected chi connectivity index (χ2v) is 6.93. The van der Waals surface area contributed by atoms with Crippen molar-refractivity contribution in [3.63, 3.8) is 0 Å². The van der Waals surface area contributed by atoms with Gasteiger partial charge >= 0.3 is 0 Å².